The predicted molar refractivity (Wildman–Crippen MR) is 96.1 cm³/mol. The first-order chi connectivity index (χ1) is 13.9. The number of nitrogens with one attached hydrogen (secondary N) is 1. The minimum absolute atomic E-state index is 0.259. The molecule has 0 aliphatic carbocycles. The van der Waals surface area contributed by atoms with Crippen molar-refractivity contribution < 1.29 is 22.7 Å². The van der Waals surface area contributed by atoms with Crippen LogP contribution in [-0.2, 0) is 11.7 Å². The number of carbonyl (C=O) groups is 1. The average Bonchev–Trinajstić information content (AvgIpc) is 2.74. The summed E-state index contributed by atoms with van der Waals surface area (Å²) in [7, 11) is 0. The van der Waals surface area contributed by atoms with Crippen LogP contribution < -0.4 is 10.1 Å². The molecule has 29 heavy (non-hydrogen) atoms. The Balaban J connectivity index is 1.82. The maximum absolute atomic E-state index is 13.0. The van der Waals surface area contributed by atoms with Gasteiger partial charge >= 0.3 is 6.18 Å². The predicted octanol–water partition coefficient (Wildman–Crippen LogP) is 3.35. The SMILES string of the molecule is O=C(N[C@]1(c2ccc(C(F)(F)F)cc2)CCOc2cccnc21)c1ccnnc1. The average molecular weight is 400 g/mol. The van der Waals surface area contributed by atoms with E-state index < -0.39 is 23.2 Å². The van der Waals surface area contributed by atoms with Crippen LogP contribution in [0.5, 0.6) is 5.75 Å². The van der Waals surface area contributed by atoms with Crippen molar-refractivity contribution in [1.82, 2.24) is 20.5 Å². The minimum Gasteiger partial charge on any atom is -0.491 e. The number of hydrogen-bond acceptors (Lipinski definition) is 5. The van der Waals surface area contributed by atoms with Crippen molar-refractivity contribution in [3.05, 3.63) is 83.4 Å². The molecule has 4 rings (SSSR count). The summed E-state index contributed by atoms with van der Waals surface area (Å²) in [5, 5.41) is 10.3. The van der Waals surface area contributed by atoms with Crippen LogP contribution in [0.25, 0.3) is 0 Å². The smallest absolute Gasteiger partial charge is 0.416 e. The molecule has 0 bridgehead atoms. The lowest BCUT2D eigenvalue weighted by Crippen LogP contribution is -2.50. The van der Waals surface area contributed by atoms with Gasteiger partial charge in [0.2, 0.25) is 0 Å². The molecule has 2 aromatic heterocycles. The fourth-order valence-electron chi connectivity index (χ4n) is 3.37. The molecule has 0 radical (unpaired) electrons. The highest BCUT2D eigenvalue weighted by Gasteiger charge is 2.43. The van der Waals surface area contributed by atoms with E-state index >= 15 is 0 Å². The van der Waals surface area contributed by atoms with Gasteiger partial charge in [-0.2, -0.15) is 23.4 Å². The summed E-state index contributed by atoms with van der Waals surface area (Å²) in [5.74, 6) is 0.0186. The Bertz CT molecular complexity index is 1030. The summed E-state index contributed by atoms with van der Waals surface area (Å²) < 4.78 is 44.7. The zero-order valence-electron chi connectivity index (χ0n) is 15.0. The van der Waals surface area contributed by atoms with Crippen LogP contribution in [0.4, 0.5) is 13.2 Å². The summed E-state index contributed by atoms with van der Waals surface area (Å²) in [6.07, 6.45) is 0.0902. The Morgan fingerprint density at radius 1 is 1.07 bits per heavy atom. The molecule has 0 spiro atoms. The van der Waals surface area contributed by atoms with Crippen LogP contribution in [0.15, 0.2) is 61.1 Å². The van der Waals surface area contributed by atoms with Crippen LogP contribution in [0.1, 0.15) is 33.6 Å². The lowest BCUT2D eigenvalue weighted by molar-refractivity contribution is -0.137. The van der Waals surface area contributed by atoms with Gasteiger partial charge in [-0.1, -0.05) is 12.1 Å². The Hall–Kier alpha value is -3.49. The molecule has 6 nitrogen and oxygen atoms in total. The number of pyridine rings is 1. The number of fused-ring (bicyclic) bond motifs is 1. The highest BCUT2D eigenvalue weighted by atomic mass is 19.4. The minimum atomic E-state index is -4.45. The van der Waals surface area contributed by atoms with Gasteiger partial charge in [-0.05, 0) is 35.9 Å². The van der Waals surface area contributed by atoms with E-state index in [0.717, 1.165) is 12.1 Å². The monoisotopic (exact) mass is 400 g/mol. The molecule has 0 fully saturated rings. The number of hydrogen-bond donors (Lipinski definition) is 1. The van der Waals surface area contributed by atoms with E-state index in [1.807, 2.05) is 0 Å². The number of benzene rings is 1. The molecular weight excluding hydrogens is 385 g/mol. The number of alkyl halides is 3. The molecule has 1 N–H and O–H groups in total. The van der Waals surface area contributed by atoms with Crippen molar-refractivity contribution in [3.63, 3.8) is 0 Å². The molecule has 1 atom stereocenters. The highest BCUT2D eigenvalue weighted by Crippen LogP contribution is 2.41. The Labute approximate surface area is 163 Å². The van der Waals surface area contributed by atoms with Crippen molar-refractivity contribution in [2.75, 3.05) is 6.61 Å². The summed E-state index contributed by atoms with van der Waals surface area (Å²) >= 11 is 0. The largest absolute Gasteiger partial charge is 0.491 e. The molecule has 0 saturated carbocycles. The van der Waals surface area contributed by atoms with Crippen LogP contribution in [0.3, 0.4) is 0 Å². The van der Waals surface area contributed by atoms with Crippen LogP contribution in [0, 0.1) is 0 Å². The molecule has 0 unspecified atom stereocenters. The Morgan fingerprint density at radius 3 is 2.55 bits per heavy atom. The molecular formula is C20H15F3N4O2. The van der Waals surface area contributed by atoms with Crippen molar-refractivity contribution in [1.29, 1.82) is 0 Å². The third kappa shape index (κ3) is 3.51. The standard InChI is InChI=1S/C20H15F3N4O2/c21-20(22,23)15-5-3-14(4-6-15)19(27-18(28)13-7-10-25-26-12-13)8-11-29-16-2-1-9-24-17(16)19/h1-7,9-10,12H,8,11H2,(H,27,28)/t19-/m0/s1. The van der Waals surface area contributed by atoms with Gasteiger partial charge in [0, 0.05) is 12.6 Å². The molecule has 9 heteroatoms. The zero-order chi connectivity index (χ0) is 20.5. The summed E-state index contributed by atoms with van der Waals surface area (Å²) in [4.78, 5) is 17.3. The second-order valence-corrected chi connectivity index (χ2v) is 6.51. The van der Waals surface area contributed by atoms with E-state index in [1.165, 1.54) is 30.6 Å². The van der Waals surface area contributed by atoms with Crippen LogP contribution >= 0.6 is 0 Å². The number of nitrogens with zero attached hydrogens (tertiary/aromatic N) is 3. The first kappa shape index (κ1) is 18.9. The van der Waals surface area contributed by atoms with E-state index in [9.17, 15) is 18.0 Å². The molecule has 1 aromatic carbocycles. The van der Waals surface area contributed by atoms with Crippen molar-refractivity contribution >= 4 is 5.91 Å². The maximum Gasteiger partial charge on any atom is 0.416 e. The van der Waals surface area contributed by atoms with Crippen LogP contribution in [0.2, 0.25) is 0 Å². The highest BCUT2D eigenvalue weighted by molar-refractivity contribution is 5.94. The normalized spacial score (nSPS) is 18.4. The van der Waals surface area contributed by atoms with E-state index in [2.05, 4.69) is 20.5 Å². The molecule has 3 aromatic rings. The van der Waals surface area contributed by atoms with Crippen molar-refractivity contribution in [3.8, 4) is 5.75 Å². The summed E-state index contributed by atoms with van der Waals surface area (Å²) in [5.41, 5.74) is -0.741. The van der Waals surface area contributed by atoms with Gasteiger partial charge < -0.3 is 10.1 Å². The number of rotatable bonds is 3. The third-order valence-corrected chi connectivity index (χ3v) is 4.79. The molecule has 0 saturated heterocycles. The first-order valence-corrected chi connectivity index (χ1v) is 8.75. The zero-order valence-corrected chi connectivity index (χ0v) is 15.0. The molecule has 3 heterocycles. The van der Waals surface area contributed by atoms with Crippen molar-refractivity contribution in [2.24, 2.45) is 0 Å². The van der Waals surface area contributed by atoms with Gasteiger partial charge in [0.05, 0.1) is 30.1 Å². The molecule has 1 aliphatic heterocycles. The summed E-state index contributed by atoms with van der Waals surface area (Å²) in [6.45, 7) is 0.259. The number of halogens is 3. The van der Waals surface area contributed by atoms with Gasteiger partial charge in [-0.15, -0.1) is 0 Å². The second kappa shape index (κ2) is 7.16. The number of ether oxygens (including phenoxy) is 1. The van der Waals surface area contributed by atoms with Crippen LogP contribution in [-0.4, -0.2) is 27.7 Å². The van der Waals surface area contributed by atoms with Crippen molar-refractivity contribution in [2.45, 2.75) is 18.1 Å². The Morgan fingerprint density at radius 2 is 1.86 bits per heavy atom. The van der Waals surface area contributed by atoms with Gasteiger partial charge in [-0.3, -0.25) is 9.78 Å². The molecule has 148 valence electrons. The fraction of sp³-hybridized carbons (Fsp3) is 0.200. The fourth-order valence-corrected chi connectivity index (χ4v) is 3.37. The van der Waals surface area contributed by atoms with E-state index in [1.54, 1.807) is 18.3 Å². The summed E-state index contributed by atoms with van der Waals surface area (Å²) in [6, 6.07) is 9.61. The first-order valence-electron chi connectivity index (χ1n) is 8.75. The van der Waals surface area contributed by atoms with E-state index in [4.69, 9.17) is 4.74 Å². The Kier molecular flexibility index (Phi) is 4.65. The number of amides is 1. The lowest BCUT2D eigenvalue weighted by atomic mass is 9.81. The quantitative estimate of drug-likeness (QED) is 0.730. The van der Waals surface area contributed by atoms with Gasteiger partial charge in [-0.25, -0.2) is 0 Å². The second-order valence-electron chi connectivity index (χ2n) is 6.51. The number of carbonyl (C=O) groups excluding carboxylic acids is 1. The van der Waals surface area contributed by atoms with E-state index in [0.29, 0.717) is 23.4 Å². The molecule has 1 amide bonds. The lowest BCUT2D eigenvalue weighted by Gasteiger charge is -2.39. The topological polar surface area (TPSA) is 77.0 Å². The van der Waals surface area contributed by atoms with Gasteiger partial charge in [0.1, 0.15) is 17.0 Å². The third-order valence-electron chi connectivity index (χ3n) is 4.79. The molecule has 1 aliphatic rings. The van der Waals surface area contributed by atoms with E-state index in [-0.39, 0.29) is 12.2 Å². The number of aromatic nitrogens is 3. The van der Waals surface area contributed by atoms with Gasteiger partial charge in [0.25, 0.3) is 5.91 Å². The van der Waals surface area contributed by atoms with Gasteiger partial charge in [0.15, 0.2) is 0 Å². The maximum atomic E-state index is 13.0.